The van der Waals surface area contributed by atoms with Crippen molar-refractivity contribution in [1.29, 1.82) is 0 Å². The van der Waals surface area contributed by atoms with Gasteiger partial charge in [0.2, 0.25) is 0 Å². The molecule has 1 unspecified atom stereocenters. The molecule has 2 aliphatic heterocycles. The molecule has 0 aromatic heterocycles. The summed E-state index contributed by atoms with van der Waals surface area (Å²) >= 11 is 3.55. The largest absolute Gasteiger partial charge is 0.480 e. The number of carbonyl (C=O) groups excluding carboxylic acids is 1. The van der Waals surface area contributed by atoms with Crippen molar-refractivity contribution in [2.45, 2.75) is 6.04 Å². The maximum absolute atomic E-state index is 12.1. The number of hydrogen-bond donors (Lipinski definition) is 2. The molecule has 2 N–H and O–H groups in total. The summed E-state index contributed by atoms with van der Waals surface area (Å²) in [6.07, 6.45) is 0. The van der Waals surface area contributed by atoms with Gasteiger partial charge in [-0.15, -0.1) is 0 Å². The van der Waals surface area contributed by atoms with Crippen LogP contribution < -0.4 is 5.32 Å². The number of nitrogens with one attached hydrogen (secondary N) is 1. The van der Waals surface area contributed by atoms with Crippen LogP contribution in [0.4, 0.5) is 4.79 Å². The van der Waals surface area contributed by atoms with Gasteiger partial charge in [-0.1, -0.05) is 0 Å². The highest BCUT2D eigenvalue weighted by atomic mass is 32.2. The number of aliphatic carboxylic acids is 1. The van der Waals surface area contributed by atoms with Gasteiger partial charge in [0.25, 0.3) is 0 Å². The molecule has 1 atom stereocenters. The van der Waals surface area contributed by atoms with E-state index in [9.17, 15) is 9.59 Å². The molecule has 6 nitrogen and oxygen atoms in total. The van der Waals surface area contributed by atoms with Crippen LogP contribution in [0, 0.1) is 0 Å². The molecular formula is C12H21N3O3S2. The van der Waals surface area contributed by atoms with Crippen molar-refractivity contribution in [1.82, 2.24) is 15.1 Å². The molecule has 2 rings (SSSR count). The van der Waals surface area contributed by atoms with Gasteiger partial charge in [0.05, 0.1) is 0 Å². The number of urea groups is 1. The highest BCUT2D eigenvalue weighted by molar-refractivity contribution is 7.99. The number of hydrogen-bond acceptors (Lipinski definition) is 5. The number of rotatable bonds is 4. The molecule has 2 amide bonds. The van der Waals surface area contributed by atoms with Crippen LogP contribution in [-0.4, -0.2) is 88.7 Å². The van der Waals surface area contributed by atoms with Crippen LogP contribution in [0.3, 0.4) is 0 Å². The predicted octanol–water partition coefficient (Wildman–Crippen LogP) is 0.247. The first kappa shape index (κ1) is 15.8. The molecule has 2 fully saturated rings. The van der Waals surface area contributed by atoms with Crippen LogP contribution in [0.2, 0.25) is 0 Å². The van der Waals surface area contributed by atoms with E-state index in [0.29, 0.717) is 18.8 Å². The minimum absolute atomic E-state index is 0.246. The lowest BCUT2D eigenvalue weighted by molar-refractivity contribution is -0.141. The second kappa shape index (κ2) is 7.99. The fraction of sp³-hybridized carbons (Fsp3) is 0.833. The highest BCUT2D eigenvalue weighted by Gasteiger charge is 2.32. The number of thioether (sulfide) groups is 2. The first-order valence-corrected chi connectivity index (χ1v) is 9.14. The Kier molecular flexibility index (Phi) is 6.31. The molecule has 0 saturated carbocycles. The van der Waals surface area contributed by atoms with E-state index in [1.807, 2.05) is 11.8 Å². The summed E-state index contributed by atoms with van der Waals surface area (Å²) in [4.78, 5) is 27.0. The lowest BCUT2D eigenvalue weighted by Crippen LogP contribution is -2.54. The molecule has 20 heavy (non-hydrogen) atoms. The van der Waals surface area contributed by atoms with Crippen LogP contribution in [0.15, 0.2) is 0 Å². The van der Waals surface area contributed by atoms with E-state index >= 15 is 0 Å². The molecule has 0 aromatic carbocycles. The Labute approximate surface area is 127 Å². The van der Waals surface area contributed by atoms with Gasteiger partial charge in [-0.25, -0.2) is 9.59 Å². The average Bonchev–Trinajstić information content (AvgIpc) is 2.48. The number of carboxylic acids is 1. The summed E-state index contributed by atoms with van der Waals surface area (Å²) in [7, 11) is 0. The van der Waals surface area contributed by atoms with Gasteiger partial charge in [0.1, 0.15) is 6.04 Å². The molecule has 0 aromatic rings. The first-order chi connectivity index (χ1) is 9.68. The topological polar surface area (TPSA) is 72.9 Å². The van der Waals surface area contributed by atoms with Crippen molar-refractivity contribution < 1.29 is 14.7 Å². The summed E-state index contributed by atoms with van der Waals surface area (Å²) in [5.41, 5.74) is 0. The van der Waals surface area contributed by atoms with Crippen molar-refractivity contribution in [2.24, 2.45) is 0 Å². The minimum atomic E-state index is -0.916. The molecule has 2 saturated heterocycles. The van der Waals surface area contributed by atoms with Crippen molar-refractivity contribution in [3.05, 3.63) is 0 Å². The normalized spacial score (nSPS) is 24.4. The van der Waals surface area contributed by atoms with Gasteiger partial charge < -0.3 is 15.3 Å². The fourth-order valence-corrected chi connectivity index (χ4v) is 4.32. The van der Waals surface area contributed by atoms with E-state index in [-0.39, 0.29) is 6.03 Å². The summed E-state index contributed by atoms with van der Waals surface area (Å²) in [5, 5.41) is 12.0. The standard InChI is InChI=1S/C12H21N3O3S2/c16-11(17)10-9-20-8-5-15(10)12(18)13-1-2-14-3-6-19-7-4-14/h10H,1-9H2,(H,13,18)(H,16,17). The Morgan fingerprint density at radius 1 is 1.15 bits per heavy atom. The smallest absolute Gasteiger partial charge is 0.327 e. The molecule has 114 valence electrons. The molecule has 2 heterocycles. The van der Waals surface area contributed by atoms with Gasteiger partial charge in [-0.05, 0) is 0 Å². The number of amides is 2. The van der Waals surface area contributed by atoms with E-state index in [4.69, 9.17) is 5.11 Å². The van der Waals surface area contributed by atoms with Crippen LogP contribution in [-0.2, 0) is 4.79 Å². The van der Waals surface area contributed by atoms with Crippen LogP contribution >= 0.6 is 23.5 Å². The van der Waals surface area contributed by atoms with E-state index in [1.54, 1.807) is 11.8 Å². The minimum Gasteiger partial charge on any atom is -0.480 e. The molecular weight excluding hydrogens is 298 g/mol. The Morgan fingerprint density at radius 3 is 2.55 bits per heavy atom. The second-order valence-corrected chi connectivity index (χ2v) is 7.18. The van der Waals surface area contributed by atoms with Crippen LogP contribution in [0.1, 0.15) is 0 Å². The SMILES string of the molecule is O=C(O)C1CSCCN1C(=O)NCCN1CCSCC1. The molecule has 0 bridgehead atoms. The van der Waals surface area contributed by atoms with E-state index in [2.05, 4.69) is 10.2 Å². The Hall–Kier alpha value is -0.600. The van der Waals surface area contributed by atoms with Gasteiger partial charge in [0.15, 0.2) is 0 Å². The zero-order valence-corrected chi connectivity index (χ0v) is 13.0. The molecule has 2 aliphatic rings. The summed E-state index contributed by atoms with van der Waals surface area (Å²) in [6.45, 7) is 4.07. The first-order valence-electron chi connectivity index (χ1n) is 6.83. The van der Waals surface area contributed by atoms with E-state index in [0.717, 1.165) is 36.9 Å². The van der Waals surface area contributed by atoms with Crippen molar-refractivity contribution in [2.75, 3.05) is 55.7 Å². The van der Waals surface area contributed by atoms with Crippen LogP contribution in [0.5, 0.6) is 0 Å². The third-order valence-electron chi connectivity index (χ3n) is 3.48. The van der Waals surface area contributed by atoms with Crippen LogP contribution in [0.25, 0.3) is 0 Å². The van der Waals surface area contributed by atoms with Crippen molar-refractivity contribution in [3.63, 3.8) is 0 Å². The summed E-state index contributed by atoms with van der Waals surface area (Å²) < 4.78 is 0. The number of carboxylic acid groups (broad SMARTS) is 1. The van der Waals surface area contributed by atoms with E-state index in [1.165, 1.54) is 4.90 Å². The zero-order valence-electron chi connectivity index (χ0n) is 11.4. The third kappa shape index (κ3) is 4.46. The summed E-state index contributed by atoms with van der Waals surface area (Å²) in [5.74, 6) is 2.67. The van der Waals surface area contributed by atoms with Crippen molar-refractivity contribution >= 4 is 35.5 Å². The van der Waals surface area contributed by atoms with Gasteiger partial charge in [-0.2, -0.15) is 23.5 Å². The zero-order chi connectivity index (χ0) is 14.4. The van der Waals surface area contributed by atoms with Crippen molar-refractivity contribution in [3.8, 4) is 0 Å². The lowest BCUT2D eigenvalue weighted by atomic mass is 10.3. The molecule has 0 aliphatic carbocycles. The quantitative estimate of drug-likeness (QED) is 0.774. The Balaban J connectivity index is 1.73. The van der Waals surface area contributed by atoms with Gasteiger partial charge >= 0.3 is 12.0 Å². The molecule has 0 radical (unpaired) electrons. The fourth-order valence-electron chi connectivity index (χ4n) is 2.30. The molecule has 0 spiro atoms. The number of nitrogens with zero attached hydrogens (tertiary/aromatic N) is 2. The average molecular weight is 319 g/mol. The van der Waals surface area contributed by atoms with E-state index < -0.39 is 12.0 Å². The lowest BCUT2D eigenvalue weighted by Gasteiger charge is -2.33. The third-order valence-corrected chi connectivity index (χ3v) is 5.45. The number of carbonyl (C=O) groups is 2. The maximum Gasteiger partial charge on any atom is 0.327 e. The summed E-state index contributed by atoms with van der Waals surface area (Å²) in [6, 6.07) is -0.941. The highest BCUT2D eigenvalue weighted by Crippen LogP contribution is 2.16. The monoisotopic (exact) mass is 319 g/mol. The van der Waals surface area contributed by atoms with Gasteiger partial charge in [0, 0.05) is 55.7 Å². The predicted molar refractivity (Wildman–Crippen MR) is 82.6 cm³/mol. The second-order valence-electron chi connectivity index (χ2n) is 4.81. The Morgan fingerprint density at radius 2 is 1.85 bits per heavy atom. The Bertz CT molecular complexity index is 351. The maximum atomic E-state index is 12.1. The van der Waals surface area contributed by atoms with Gasteiger partial charge in [-0.3, -0.25) is 4.90 Å². The molecule has 8 heteroatoms.